The first-order chi connectivity index (χ1) is 10.9. The summed E-state index contributed by atoms with van der Waals surface area (Å²) in [4.78, 5) is 2.60. The van der Waals surface area contributed by atoms with Crippen molar-refractivity contribution in [3.8, 4) is 11.1 Å². The second-order valence-corrected chi connectivity index (χ2v) is 6.57. The van der Waals surface area contributed by atoms with Gasteiger partial charge in [-0.2, -0.15) is 0 Å². The Morgan fingerprint density at radius 1 is 0.909 bits per heavy atom. The number of hydrogen-bond acceptors (Lipinski definition) is 2. The molecule has 0 saturated carbocycles. The van der Waals surface area contributed by atoms with Crippen molar-refractivity contribution in [1.82, 2.24) is 4.90 Å². The summed E-state index contributed by atoms with van der Waals surface area (Å²) in [6.45, 7) is 5.10. The number of benzene rings is 2. The molecule has 0 amide bonds. The normalized spacial score (nSPS) is 21.7. The minimum Gasteiger partial charge on any atom is -0.381 e. The predicted octanol–water partition coefficient (Wildman–Crippen LogP) is 4.10. The summed E-state index contributed by atoms with van der Waals surface area (Å²) < 4.78 is 5.67. The molecule has 1 saturated heterocycles. The maximum atomic E-state index is 5.67. The summed E-state index contributed by atoms with van der Waals surface area (Å²) in [7, 11) is 0. The van der Waals surface area contributed by atoms with Crippen LogP contribution >= 0.6 is 0 Å². The number of ether oxygens (including phenoxy) is 1. The molecule has 2 heteroatoms. The second-order valence-electron chi connectivity index (χ2n) is 6.57. The molecular formula is C20H23NO. The van der Waals surface area contributed by atoms with E-state index >= 15 is 0 Å². The third-order valence-corrected chi connectivity index (χ3v) is 4.88. The zero-order valence-electron chi connectivity index (χ0n) is 13.0. The van der Waals surface area contributed by atoms with Crippen LogP contribution < -0.4 is 0 Å². The molecule has 2 aromatic carbocycles. The fourth-order valence-corrected chi connectivity index (χ4v) is 3.83. The topological polar surface area (TPSA) is 12.5 Å². The lowest BCUT2D eigenvalue weighted by molar-refractivity contribution is 0.0361. The lowest BCUT2D eigenvalue weighted by Gasteiger charge is -2.29. The van der Waals surface area contributed by atoms with Crippen LogP contribution in [0.4, 0.5) is 0 Å². The SMILES string of the molecule is c1ccc2c(c1)CN(C[C@@H]1CCCOC1)Cc1ccccc1-2. The Balaban J connectivity index is 1.64. The first-order valence-electron chi connectivity index (χ1n) is 8.36. The van der Waals surface area contributed by atoms with Gasteiger partial charge in [-0.1, -0.05) is 48.5 Å². The van der Waals surface area contributed by atoms with E-state index in [1.807, 2.05) is 0 Å². The van der Waals surface area contributed by atoms with Gasteiger partial charge in [0.05, 0.1) is 6.61 Å². The van der Waals surface area contributed by atoms with Crippen molar-refractivity contribution in [2.75, 3.05) is 19.8 Å². The first kappa shape index (κ1) is 14.0. The number of rotatable bonds is 2. The smallest absolute Gasteiger partial charge is 0.0506 e. The van der Waals surface area contributed by atoms with E-state index in [-0.39, 0.29) is 0 Å². The van der Waals surface area contributed by atoms with E-state index in [2.05, 4.69) is 53.4 Å². The summed E-state index contributed by atoms with van der Waals surface area (Å²) in [6, 6.07) is 17.7. The summed E-state index contributed by atoms with van der Waals surface area (Å²) in [6.07, 6.45) is 2.52. The number of hydrogen-bond donors (Lipinski definition) is 0. The summed E-state index contributed by atoms with van der Waals surface area (Å²) in [5.41, 5.74) is 5.70. The van der Waals surface area contributed by atoms with Crippen LogP contribution in [0.15, 0.2) is 48.5 Å². The largest absolute Gasteiger partial charge is 0.381 e. The molecule has 0 bridgehead atoms. The van der Waals surface area contributed by atoms with E-state index in [1.54, 1.807) is 0 Å². The molecular weight excluding hydrogens is 270 g/mol. The molecule has 1 fully saturated rings. The Hall–Kier alpha value is -1.64. The van der Waals surface area contributed by atoms with Gasteiger partial charge in [-0.3, -0.25) is 4.90 Å². The van der Waals surface area contributed by atoms with Crippen LogP contribution in [0.2, 0.25) is 0 Å². The molecule has 2 heterocycles. The molecule has 0 spiro atoms. The highest BCUT2D eigenvalue weighted by atomic mass is 16.5. The number of nitrogens with zero attached hydrogens (tertiary/aromatic N) is 1. The van der Waals surface area contributed by atoms with E-state index in [0.29, 0.717) is 5.92 Å². The zero-order valence-corrected chi connectivity index (χ0v) is 13.0. The molecule has 2 nitrogen and oxygen atoms in total. The molecule has 0 unspecified atom stereocenters. The summed E-state index contributed by atoms with van der Waals surface area (Å²) in [5, 5.41) is 0. The third kappa shape index (κ3) is 2.81. The van der Waals surface area contributed by atoms with Gasteiger partial charge in [-0.05, 0) is 41.0 Å². The van der Waals surface area contributed by atoms with Gasteiger partial charge in [0.1, 0.15) is 0 Å². The molecule has 0 N–H and O–H groups in total. The maximum absolute atomic E-state index is 5.67. The van der Waals surface area contributed by atoms with Crippen molar-refractivity contribution in [2.45, 2.75) is 25.9 Å². The molecule has 0 radical (unpaired) electrons. The Morgan fingerprint density at radius 3 is 2.14 bits per heavy atom. The van der Waals surface area contributed by atoms with Crippen LogP contribution in [-0.4, -0.2) is 24.7 Å². The van der Waals surface area contributed by atoms with Gasteiger partial charge in [0.2, 0.25) is 0 Å². The molecule has 2 aliphatic heterocycles. The first-order valence-corrected chi connectivity index (χ1v) is 8.36. The summed E-state index contributed by atoms with van der Waals surface area (Å²) >= 11 is 0. The second kappa shape index (κ2) is 6.23. The van der Waals surface area contributed by atoms with Crippen LogP contribution in [-0.2, 0) is 17.8 Å². The van der Waals surface area contributed by atoms with E-state index in [4.69, 9.17) is 4.74 Å². The van der Waals surface area contributed by atoms with Gasteiger partial charge in [-0.15, -0.1) is 0 Å². The van der Waals surface area contributed by atoms with E-state index in [0.717, 1.165) is 32.8 Å². The van der Waals surface area contributed by atoms with Crippen molar-refractivity contribution in [3.63, 3.8) is 0 Å². The van der Waals surface area contributed by atoms with Crippen molar-refractivity contribution in [2.24, 2.45) is 5.92 Å². The zero-order chi connectivity index (χ0) is 14.8. The fourth-order valence-electron chi connectivity index (χ4n) is 3.83. The van der Waals surface area contributed by atoms with Crippen LogP contribution in [0, 0.1) is 5.92 Å². The van der Waals surface area contributed by atoms with E-state index in [9.17, 15) is 0 Å². The molecule has 114 valence electrons. The molecule has 22 heavy (non-hydrogen) atoms. The molecule has 0 aromatic heterocycles. The maximum Gasteiger partial charge on any atom is 0.0506 e. The van der Waals surface area contributed by atoms with Crippen molar-refractivity contribution >= 4 is 0 Å². The third-order valence-electron chi connectivity index (χ3n) is 4.88. The Bertz CT molecular complexity index is 598. The lowest BCUT2D eigenvalue weighted by atomic mass is 9.97. The number of fused-ring (bicyclic) bond motifs is 3. The van der Waals surface area contributed by atoms with E-state index in [1.165, 1.54) is 35.1 Å². The highest BCUT2D eigenvalue weighted by molar-refractivity contribution is 5.71. The predicted molar refractivity (Wildman–Crippen MR) is 89.5 cm³/mol. The Labute approximate surface area is 132 Å². The van der Waals surface area contributed by atoms with Crippen molar-refractivity contribution in [3.05, 3.63) is 59.7 Å². The van der Waals surface area contributed by atoms with Crippen LogP contribution in [0.1, 0.15) is 24.0 Å². The van der Waals surface area contributed by atoms with Crippen molar-refractivity contribution < 1.29 is 4.74 Å². The van der Waals surface area contributed by atoms with E-state index < -0.39 is 0 Å². The van der Waals surface area contributed by atoms with Gasteiger partial charge >= 0.3 is 0 Å². The highest BCUT2D eigenvalue weighted by Gasteiger charge is 2.22. The van der Waals surface area contributed by atoms with Gasteiger partial charge in [-0.25, -0.2) is 0 Å². The molecule has 2 aromatic rings. The minimum atomic E-state index is 0.686. The quantitative estimate of drug-likeness (QED) is 0.826. The van der Waals surface area contributed by atoms with Crippen LogP contribution in [0.25, 0.3) is 11.1 Å². The molecule has 4 rings (SSSR count). The van der Waals surface area contributed by atoms with Gasteiger partial charge < -0.3 is 4.74 Å². The summed E-state index contributed by atoms with van der Waals surface area (Å²) in [5.74, 6) is 0.686. The van der Waals surface area contributed by atoms with Gasteiger partial charge in [0, 0.05) is 26.2 Å². The highest BCUT2D eigenvalue weighted by Crippen LogP contribution is 2.33. The van der Waals surface area contributed by atoms with Gasteiger partial charge in [0.15, 0.2) is 0 Å². The fraction of sp³-hybridized carbons (Fsp3) is 0.400. The Morgan fingerprint density at radius 2 is 1.55 bits per heavy atom. The molecule has 1 atom stereocenters. The molecule has 0 aliphatic carbocycles. The standard InChI is InChI=1S/C20H23NO/c1-3-9-19-17(7-1)13-21(12-16-6-5-11-22-15-16)14-18-8-2-4-10-20(18)19/h1-4,7-10,16H,5-6,11-15H2/t16-/m0/s1. The minimum absolute atomic E-state index is 0.686. The lowest BCUT2D eigenvalue weighted by Crippen LogP contribution is -2.32. The Kier molecular flexibility index (Phi) is 3.96. The average molecular weight is 293 g/mol. The van der Waals surface area contributed by atoms with Crippen LogP contribution in [0.5, 0.6) is 0 Å². The average Bonchev–Trinajstić information content (AvgIpc) is 2.72. The monoisotopic (exact) mass is 293 g/mol. The van der Waals surface area contributed by atoms with Gasteiger partial charge in [0.25, 0.3) is 0 Å². The van der Waals surface area contributed by atoms with Crippen LogP contribution in [0.3, 0.4) is 0 Å². The van der Waals surface area contributed by atoms with Crippen molar-refractivity contribution in [1.29, 1.82) is 0 Å². The molecule has 2 aliphatic rings.